The highest BCUT2D eigenvalue weighted by Crippen LogP contribution is 2.29. The van der Waals surface area contributed by atoms with Gasteiger partial charge in [-0.15, -0.1) is 0 Å². The number of nitrogens with one attached hydrogen (secondary N) is 2. The molecule has 0 fully saturated rings. The Balaban J connectivity index is 1.76. The van der Waals surface area contributed by atoms with E-state index < -0.39 is 0 Å². The normalized spacial score (nSPS) is 10.3. The van der Waals surface area contributed by atoms with E-state index in [0.717, 1.165) is 11.3 Å². The molecular formula is C17H18Cl2N2O. The molecular weight excluding hydrogens is 319 g/mol. The van der Waals surface area contributed by atoms with Crippen molar-refractivity contribution in [3.63, 3.8) is 0 Å². The number of benzene rings is 2. The van der Waals surface area contributed by atoms with E-state index in [9.17, 15) is 4.79 Å². The van der Waals surface area contributed by atoms with Gasteiger partial charge in [-0.1, -0.05) is 53.5 Å². The van der Waals surface area contributed by atoms with E-state index >= 15 is 0 Å². The van der Waals surface area contributed by atoms with E-state index in [1.165, 1.54) is 5.56 Å². The lowest BCUT2D eigenvalue weighted by molar-refractivity contribution is -0.121. The van der Waals surface area contributed by atoms with Gasteiger partial charge in [0.1, 0.15) is 0 Å². The van der Waals surface area contributed by atoms with Gasteiger partial charge in [0, 0.05) is 19.5 Å². The molecule has 3 nitrogen and oxygen atoms in total. The smallest absolute Gasteiger partial charge is 0.222 e. The number of hydrogen-bond donors (Lipinski definition) is 2. The van der Waals surface area contributed by atoms with Crippen molar-refractivity contribution in [3.8, 4) is 0 Å². The Bertz CT molecular complexity index is 659. The predicted octanol–water partition coefficient (Wildman–Crippen LogP) is 4.42. The topological polar surface area (TPSA) is 41.1 Å². The number of carbonyl (C=O) groups is 1. The lowest BCUT2D eigenvalue weighted by Crippen LogP contribution is -2.25. The summed E-state index contributed by atoms with van der Waals surface area (Å²) in [6, 6.07) is 13.4. The molecule has 2 N–H and O–H groups in total. The highest BCUT2D eigenvalue weighted by molar-refractivity contribution is 6.43. The molecule has 0 aliphatic heterocycles. The van der Waals surface area contributed by atoms with Crippen LogP contribution in [0.25, 0.3) is 0 Å². The quantitative estimate of drug-likeness (QED) is 0.819. The third-order valence-electron chi connectivity index (χ3n) is 3.36. The molecule has 0 aromatic heterocycles. The average molecular weight is 337 g/mol. The van der Waals surface area contributed by atoms with E-state index in [2.05, 4.69) is 10.6 Å². The number of aryl methyl sites for hydroxylation is 1. The van der Waals surface area contributed by atoms with Crippen LogP contribution in [-0.4, -0.2) is 12.5 Å². The fraction of sp³-hybridized carbons (Fsp3) is 0.235. The van der Waals surface area contributed by atoms with Crippen LogP contribution in [0.2, 0.25) is 10.0 Å². The first-order valence-corrected chi connectivity index (χ1v) is 7.82. The maximum absolute atomic E-state index is 11.9. The lowest BCUT2D eigenvalue weighted by Gasteiger charge is -2.10. The number of amides is 1. The van der Waals surface area contributed by atoms with Crippen molar-refractivity contribution >= 4 is 34.8 Å². The molecule has 0 aliphatic rings. The average Bonchev–Trinajstić information content (AvgIpc) is 2.51. The van der Waals surface area contributed by atoms with Crippen molar-refractivity contribution in [1.82, 2.24) is 5.32 Å². The van der Waals surface area contributed by atoms with Crippen LogP contribution in [0.15, 0.2) is 42.5 Å². The van der Waals surface area contributed by atoms with Crippen molar-refractivity contribution in [2.45, 2.75) is 19.9 Å². The van der Waals surface area contributed by atoms with Crippen LogP contribution in [0.1, 0.15) is 17.5 Å². The Kier molecular flexibility index (Phi) is 6.10. The first-order chi connectivity index (χ1) is 10.6. The van der Waals surface area contributed by atoms with Gasteiger partial charge in [-0.25, -0.2) is 0 Å². The van der Waals surface area contributed by atoms with Gasteiger partial charge in [0.2, 0.25) is 5.91 Å². The Morgan fingerprint density at radius 2 is 1.86 bits per heavy atom. The zero-order chi connectivity index (χ0) is 15.9. The molecule has 116 valence electrons. The standard InChI is InChI=1S/C17H18Cl2N2O/c1-12-5-2-3-6-13(12)11-21-16(22)9-10-20-15-8-4-7-14(18)17(15)19/h2-8,20H,9-11H2,1H3,(H,21,22). The van der Waals surface area contributed by atoms with Crippen molar-refractivity contribution in [1.29, 1.82) is 0 Å². The van der Waals surface area contributed by atoms with Crippen LogP contribution < -0.4 is 10.6 Å². The summed E-state index contributed by atoms with van der Waals surface area (Å²) in [5.41, 5.74) is 3.04. The molecule has 0 unspecified atom stereocenters. The van der Waals surface area contributed by atoms with E-state index in [1.54, 1.807) is 6.07 Å². The summed E-state index contributed by atoms with van der Waals surface area (Å²) in [4.78, 5) is 11.9. The van der Waals surface area contributed by atoms with Gasteiger partial charge in [0.15, 0.2) is 0 Å². The number of rotatable bonds is 6. The molecule has 0 atom stereocenters. The van der Waals surface area contributed by atoms with Crippen molar-refractivity contribution in [2.24, 2.45) is 0 Å². The minimum Gasteiger partial charge on any atom is -0.383 e. The maximum atomic E-state index is 11.9. The molecule has 0 saturated heterocycles. The molecule has 2 rings (SSSR count). The molecule has 0 aliphatic carbocycles. The molecule has 5 heteroatoms. The number of carbonyl (C=O) groups excluding carboxylic acids is 1. The third-order valence-corrected chi connectivity index (χ3v) is 4.18. The van der Waals surface area contributed by atoms with Gasteiger partial charge in [-0.3, -0.25) is 4.79 Å². The van der Waals surface area contributed by atoms with Gasteiger partial charge in [-0.05, 0) is 30.2 Å². The first kappa shape index (κ1) is 16.7. The van der Waals surface area contributed by atoms with Crippen LogP contribution in [0.3, 0.4) is 0 Å². The molecule has 0 saturated carbocycles. The zero-order valence-electron chi connectivity index (χ0n) is 12.3. The molecule has 0 bridgehead atoms. The van der Waals surface area contributed by atoms with Crippen LogP contribution in [-0.2, 0) is 11.3 Å². The van der Waals surface area contributed by atoms with Gasteiger partial charge >= 0.3 is 0 Å². The second kappa shape index (κ2) is 8.06. The highest BCUT2D eigenvalue weighted by atomic mass is 35.5. The van der Waals surface area contributed by atoms with Gasteiger partial charge in [0.25, 0.3) is 0 Å². The molecule has 22 heavy (non-hydrogen) atoms. The second-order valence-electron chi connectivity index (χ2n) is 4.98. The fourth-order valence-electron chi connectivity index (χ4n) is 2.04. The largest absolute Gasteiger partial charge is 0.383 e. The van der Waals surface area contributed by atoms with Crippen LogP contribution in [0.5, 0.6) is 0 Å². The van der Waals surface area contributed by atoms with E-state index in [0.29, 0.717) is 29.6 Å². The van der Waals surface area contributed by atoms with Crippen molar-refractivity contribution < 1.29 is 4.79 Å². The number of hydrogen-bond acceptors (Lipinski definition) is 2. The van der Waals surface area contributed by atoms with E-state index in [-0.39, 0.29) is 5.91 Å². The van der Waals surface area contributed by atoms with Gasteiger partial charge in [-0.2, -0.15) is 0 Å². The number of anilines is 1. The van der Waals surface area contributed by atoms with Crippen molar-refractivity contribution in [2.75, 3.05) is 11.9 Å². The highest BCUT2D eigenvalue weighted by Gasteiger charge is 2.06. The predicted molar refractivity (Wildman–Crippen MR) is 92.6 cm³/mol. The van der Waals surface area contributed by atoms with Gasteiger partial charge < -0.3 is 10.6 Å². The SMILES string of the molecule is Cc1ccccc1CNC(=O)CCNc1cccc(Cl)c1Cl. The number of halogens is 2. The monoisotopic (exact) mass is 336 g/mol. The second-order valence-corrected chi connectivity index (χ2v) is 5.77. The third kappa shape index (κ3) is 4.65. The summed E-state index contributed by atoms with van der Waals surface area (Å²) in [5.74, 6) is -0.00564. The summed E-state index contributed by atoms with van der Waals surface area (Å²) < 4.78 is 0. The summed E-state index contributed by atoms with van der Waals surface area (Å²) >= 11 is 12.0. The van der Waals surface area contributed by atoms with Crippen LogP contribution in [0, 0.1) is 6.92 Å². The summed E-state index contributed by atoms with van der Waals surface area (Å²) in [6.07, 6.45) is 0.370. The summed E-state index contributed by atoms with van der Waals surface area (Å²) in [6.45, 7) is 3.08. The van der Waals surface area contributed by atoms with E-state index in [1.807, 2.05) is 43.3 Å². The minimum atomic E-state index is -0.00564. The minimum absolute atomic E-state index is 0.00564. The summed E-state index contributed by atoms with van der Waals surface area (Å²) in [7, 11) is 0. The maximum Gasteiger partial charge on any atom is 0.222 e. The summed E-state index contributed by atoms with van der Waals surface area (Å²) in [5, 5.41) is 7.00. The molecule has 0 heterocycles. The van der Waals surface area contributed by atoms with Gasteiger partial charge in [0.05, 0.1) is 15.7 Å². The zero-order valence-corrected chi connectivity index (χ0v) is 13.8. The van der Waals surface area contributed by atoms with Crippen LogP contribution >= 0.6 is 23.2 Å². The lowest BCUT2D eigenvalue weighted by atomic mass is 10.1. The Labute approximate surface area is 140 Å². The Hall–Kier alpha value is -1.71. The molecule has 0 radical (unpaired) electrons. The Morgan fingerprint density at radius 3 is 2.64 bits per heavy atom. The molecule has 1 amide bonds. The fourth-order valence-corrected chi connectivity index (χ4v) is 2.41. The Morgan fingerprint density at radius 1 is 1.09 bits per heavy atom. The van der Waals surface area contributed by atoms with E-state index in [4.69, 9.17) is 23.2 Å². The van der Waals surface area contributed by atoms with Crippen molar-refractivity contribution in [3.05, 3.63) is 63.6 Å². The molecule has 2 aromatic carbocycles. The first-order valence-electron chi connectivity index (χ1n) is 7.07. The molecule has 0 spiro atoms. The van der Waals surface area contributed by atoms with Crippen LogP contribution in [0.4, 0.5) is 5.69 Å². The molecule has 2 aromatic rings.